The van der Waals surface area contributed by atoms with Crippen molar-refractivity contribution in [3.05, 3.63) is 11.8 Å². The first-order valence-corrected chi connectivity index (χ1v) is 4.71. The summed E-state index contributed by atoms with van der Waals surface area (Å²) in [5.74, 6) is 0.606. The number of hydrogen-bond donors (Lipinski definition) is 2. The van der Waals surface area contributed by atoms with E-state index in [0.29, 0.717) is 5.84 Å². The molecule has 1 heterocycles. The van der Waals surface area contributed by atoms with Crippen LogP contribution in [0.3, 0.4) is 0 Å². The topological polar surface area (TPSA) is 50.4 Å². The Bertz CT molecular complexity index is 220. The first kappa shape index (κ1) is 8.28. The Kier molecular flexibility index (Phi) is 2.66. The molecule has 0 amide bonds. The van der Waals surface area contributed by atoms with E-state index in [0.717, 1.165) is 20.1 Å². The van der Waals surface area contributed by atoms with Crippen molar-refractivity contribution in [1.82, 2.24) is 5.32 Å². The van der Waals surface area contributed by atoms with Gasteiger partial charge in [-0.25, -0.2) is 4.99 Å². The molecule has 0 aromatic carbocycles. The molecule has 0 spiro atoms. The second-order valence-electron chi connectivity index (χ2n) is 2.43. The van der Waals surface area contributed by atoms with E-state index in [2.05, 4.69) is 16.6 Å². The highest BCUT2D eigenvalue weighted by atomic mass is 31.1. The van der Waals surface area contributed by atoms with Gasteiger partial charge in [-0.1, -0.05) is 6.30 Å². The quantitative estimate of drug-likeness (QED) is 0.593. The number of nitrogens with two attached hydrogens (primary N) is 1. The van der Waals surface area contributed by atoms with Gasteiger partial charge in [0.05, 0.1) is 0 Å². The van der Waals surface area contributed by atoms with Crippen molar-refractivity contribution in [2.24, 2.45) is 10.7 Å². The Morgan fingerprint density at radius 3 is 3.18 bits per heavy atom. The first-order chi connectivity index (χ1) is 5.22. The highest BCUT2D eigenvalue weighted by Gasteiger charge is 2.07. The van der Waals surface area contributed by atoms with Gasteiger partial charge in [-0.05, 0) is 13.0 Å². The lowest BCUT2D eigenvalue weighted by Crippen LogP contribution is -2.32. The fourth-order valence-corrected chi connectivity index (χ4v) is 1.42. The lowest BCUT2D eigenvalue weighted by atomic mass is 10.3. The first-order valence-electron chi connectivity index (χ1n) is 3.45. The van der Waals surface area contributed by atoms with Crippen molar-refractivity contribution in [2.75, 3.05) is 6.16 Å². The molecule has 1 aliphatic rings. The molecule has 1 aliphatic heterocycles. The van der Waals surface area contributed by atoms with Gasteiger partial charge in [0.1, 0.15) is 12.0 Å². The third kappa shape index (κ3) is 2.35. The molecule has 3 N–H and O–H groups in total. The van der Waals surface area contributed by atoms with Crippen LogP contribution in [0.15, 0.2) is 16.8 Å². The van der Waals surface area contributed by atoms with E-state index in [-0.39, 0.29) is 6.17 Å². The number of allylic oxidation sites excluding steroid dienone is 1. The number of nitrogens with one attached hydrogen (secondary N) is 1. The molecule has 0 aliphatic carbocycles. The molecule has 4 heteroatoms. The summed E-state index contributed by atoms with van der Waals surface area (Å²) >= 11 is 0. The van der Waals surface area contributed by atoms with Gasteiger partial charge >= 0.3 is 0 Å². The predicted molar refractivity (Wildman–Crippen MR) is 51.2 cm³/mol. The Morgan fingerprint density at radius 1 is 1.91 bits per heavy atom. The molecule has 1 unspecified atom stereocenters. The van der Waals surface area contributed by atoms with Gasteiger partial charge < -0.3 is 11.1 Å². The van der Waals surface area contributed by atoms with Crippen LogP contribution in [0.5, 0.6) is 0 Å². The minimum Gasteiger partial charge on any atom is -0.384 e. The molecule has 60 valence electrons. The monoisotopic (exact) mass is 169 g/mol. The highest BCUT2D eigenvalue weighted by molar-refractivity contribution is 7.36. The molecule has 0 fully saturated rings. The fourth-order valence-electron chi connectivity index (χ4n) is 0.993. The molecular weight excluding hydrogens is 157 g/mol. The maximum atomic E-state index is 5.56. The zero-order chi connectivity index (χ0) is 8.27. The average molecular weight is 169 g/mol. The largest absolute Gasteiger partial charge is 0.384 e. The molecule has 0 aromatic heterocycles. The molecule has 0 aromatic rings. The second-order valence-corrected chi connectivity index (χ2v) is 3.19. The summed E-state index contributed by atoms with van der Waals surface area (Å²) in [6, 6.07) is 0. The molecule has 0 saturated heterocycles. The van der Waals surface area contributed by atoms with E-state index in [4.69, 9.17) is 5.73 Å². The summed E-state index contributed by atoms with van der Waals surface area (Å²) in [7, 11) is 1.10. The van der Waals surface area contributed by atoms with Crippen molar-refractivity contribution in [3.8, 4) is 0 Å². The number of hydrogen-bond acceptors (Lipinski definition) is 3. The van der Waals surface area contributed by atoms with Crippen LogP contribution in [-0.2, 0) is 0 Å². The average Bonchev–Trinajstić information content (AvgIpc) is 1.85. The van der Waals surface area contributed by atoms with E-state index in [1.807, 2.05) is 13.0 Å². The van der Waals surface area contributed by atoms with Crippen LogP contribution in [0.4, 0.5) is 0 Å². The van der Waals surface area contributed by atoms with E-state index in [1.165, 1.54) is 0 Å². The molecule has 0 saturated carbocycles. The SMILES string of the molecule is C=PCC1=CC(N)=NC(C)N1. The predicted octanol–water partition coefficient (Wildman–Crippen LogP) is 0.555. The summed E-state index contributed by atoms with van der Waals surface area (Å²) in [6.45, 7) is 1.97. The molecule has 11 heavy (non-hydrogen) atoms. The zero-order valence-corrected chi connectivity index (χ0v) is 7.44. The van der Waals surface area contributed by atoms with Gasteiger partial charge in [0, 0.05) is 11.9 Å². The summed E-state index contributed by atoms with van der Waals surface area (Å²) in [5, 5.41) is 3.19. The molecular formula is C7H12N3P. The van der Waals surface area contributed by atoms with E-state index in [9.17, 15) is 0 Å². The molecule has 0 radical (unpaired) electrons. The smallest absolute Gasteiger partial charge is 0.122 e. The minimum atomic E-state index is 0.108. The Hall–Kier alpha value is -0.820. The van der Waals surface area contributed by atoms with Crippen LogP contribution in [0.25, 0.3) is 0 Å². The van der Waals surface area contributed by atoms with Crippen molar-refractivity contribution in [2.45, 2.75) is 13.1 Å². The second kappa shape index (κ2) is 3.54. The lowest BCUT2D eigenvalue weighted by molar-refractivity contribution is 0.636. The standard InChI is InChI=1S/C7H12N3P/c1-5-9-6(4-11-2)3-7(8)10-5/h3,5,9H,2,4H2,1H3,(H2,8,10). The number of rotatable bonds is 2. The van der Waals surface area contributed by atoms with E-state index < -0.39 is 0 Å². The van der Waals surface area contributed by atoms with Gasteiger partial charge in [0.2, 0.25) is 0 Å². The third-order valence-corrected chi connectivity index (χ3v) is 1.91. The number of amidine groups is 1. The number of nitrogens with zero attached hydrogens (tertiary/aromatic N) is 1. The van der Waals surface area contributed by atoms with Crippen LogP contribution >= 0.6 is 8.20 Å². The lowest BCUT2D eigenvalue weighted by Gasteiger charge is -2.17. The summed E-state index contributed by atoms with van der Waals surface area (Å²) < 4.78 is 0. The van der Waals surface area contributed by atoms with Gasteiger partial charge in [0.25, 0.3) is 0 Å². The zero-order valence-electron chi connectivity index (χ0n) is 6.54. The van der Waals surface area contributed by atoms with Crippen LogP contribution < -0.4 is 11.1 Å². The Balaban J connectivity index is 2.67. The molecule has 1 rings (SSSR count). The summed E-state index contributed by atoms with van der Waals surface area (Å²) in [6.07, 6.45) is 6.63. The van der Waals surface area contributed by atoms with Gasteiger partial charge in [-0.3, -0.25) is 0 Å². The van der Waals surface area contributed by atoms with Gasteiger partial charge in [0.15, 0.2) is 0 Å². The highest BCUT2D eigenvalue weighted by Crippen LogP contribution is 2.05. The molecule has 3 nitrogen and oxygen atoms in total. The van der Waals surface area contributed by atoms with E-state index in [1.54, 1.807) is 0 Å². The maximum absolute atomic E-state index is 5.56. The summed E-state index contributed by atoms with van der Waals surface area (Å²) in [4.78, 5) is 4.10. The van der Waals surface area contributed by atoms with Gasteiger partial charge in [-0.2, -0.15) is 0 Å². The van der Waals surface area contributed by atoms with Crippen molar-refractivity contribution >= 4 is 20.3 Å². The van der Waals surface area contributed by atoms with Crippen LogP contribution in [0, 0.1) is 0 Å². The molecule has 0 bridgehead atoms. The molecule has 1 atom stereocenters. The van der Waals surface area contributed by atoms with Crippen LogP contribution in [0.2, 0.25) is 0 Å². The minimum absolute atomic E-state index is 0.108. The number of aliphatic imine (C=N–C) groups is 1. The van der Waals surface area contributed by atoms with E-state index >= 15 is 0 Å². The van der Waals surface area contributed by atoms with Crippen molar-refractivity contribution in [1.29, 1.82) is 0 Å². The van der Waals surface area contributed by atoms with Crippen molar-refractivity contribution < 1.29 is 0 Å². The third-order valence-electron chi connectivity index (χ3n) is 1.34. The van der Waals surface area contributed by atoms with Crippen LogP contribution in [0.1, 0.15) is 6.92 Å². The van der Waals surface area contributed by atoms with Gasteiger partial charge in [-0.15, -0.1) is 8.20 Å². The Morgan fingerprint density at radius 2 is 2.64 bits per heavy atom. The normalized spacial score (nSPS) is 23.9. The summed E-state index contributed by atoms with van der Waals surface area (Å²) in [5.41, 5.74) is 6.68. The van der Waals surface area contributed by atoms with Crippen molar-refractivity contribution in [3.63, 3.8) is 0 Å². The van der Waals surface area contributed by atoms with Crippen LogP contribution in [-0.4, -0.2) is 24.5 Å². The Labute approximate surface area is 68.2 Å². The fraction of sp³-hybridized carbons (Fsp3) is 0.429. The maximum Gasteiger partial charge on any atom is 0.122 e.